The van der Waals surface area contributed by atoms with Gasteiger partial charge in [0.2, 0.25) is 5.91 Å². The van der Waals surface area contributed by atoms with Crippen molar-refractivity contribution in [2.24, 2.45) is 4.99 Å². The van der Waals surface area contributed by atoms with E-state index in [4.69, 9.17) is 10.5 Å². The summed E-state index contributed by atoms with van der Waals surface area (Å²) in [4.78, 5) is 27.1. The van der Waals surface area contributed by atoms with Crippen molar-refractivity contribution < 1.29 is 19.8 Å². The van der Waals surface area contributed by atoms with Crippen molar-refractivity contribution in [1.29, 1.82) is 5.41 Å². The largest absolute Gasteiger partial charge is 0.508 e. The SMILES string of the molecule is N=C(CCC(=O)NC1=C(C(=O)O)CCCC1)/N=C\Nc1ccc(O)cc1. The number of aliphatic carboxylic acids is 1. The molecule has 0 saturated heterocycles. The number of carboxylic acids is 1. The average molecular weight is 358 g/mol. The molecule has 0 aromatic heterocycles. The normalized spacial score (nSPS) is 14.3. The first-order valence-corrected chi connectivity index (χ1v) is 8.36. The highest BCUT2D eigenvalue weighted by molar-refractivity contribution is 5.93. The summed E-state index contributed by atoms with van der Waals surface area (Å²) in [5.41, 5.74) is 1.47. The van der Waals surface area contributed by atoms with E-state index in [9.17, 15) is 14.7 Å². The summed E-state index contributed by atoms with van der Waals surface area (Å²) >= 11 is 0. The molecule has 26 heavy (non-hydrogen) atoms. The summed E-state index contributed by atoms with van der Waals surface area (Å²) in [6, 6.07) is 6.38. The van der Waals surface area contributed by atoms with Gasteiger partial charge in [-0.3, -0.25) is 10.2 Å². The van der Waals surface area contributed by atoms with Gasteiger partial charge >= 0.3 is 5.97 Å². The Balaban J connectivity index is 1.77. The van der Waals surface area contributed by atoms with Crippen LogP contribution in [0.25, 0.3) is 0 Å². The number of aliphatic imine (C=N–C) groups is 1. The number of aromatic hydroxyl groups is 1. The van der Waals surface area contributed by atoms with Crippen molar-refractivity contribution in [3.05, 3.63) is 35.5 Å². The van der Waals surface area contributed by atoms with Crippen molar-refractivity contribution in [2.75, 3.05) is 5.32 Å². The van der Waals surface area contributed by atoms with Crippen LogP contribution in [0.1, 0.15) is 38.5 Å². The summed E-state index contributed by atoms with van der Waals surface area (Å²) in [6.07, 6.45) is 4.25. The topological polar surface area (TPSA) is 135 Å². The smallest absolute Gasteiger partial charge is 0.333 e. The van der Waals surface area contributed by atoms with Gasteiger partial charge in [-0.05, 0) is 49.9 Å². The maximum atomic E-state index is 12.0. The molecule has 0 radical (unpaired) electrons. The minimum atomic E-state index is -0.988. The Hall–Kier alpha value is -3.16. The molecule has 0 atom stereocenters. The molecule has 1 amide bonds. The molecule has 0 bridgehead atoms. The molecule has 0 aliphatic heterocycles. The van der Waals surface area contributed by atoms with E-state index in [-0.39, 0.29) is 35.9 Å². The molecule has 138 valence electrons. The zero-order chi connectivity index (χ0) is 18.9. The molecule has 0 heterocycles. The number of carbonyl (C=O) groups excluding carboxylic acids is 1. The van der Waals surface area contributed by atoms with E-state index in [1.165, 1.54) is 18.5 Å². The lowest BCUT2D eigenvalue weighted by molar-refractivity contribution is -0.133. The third-order valence-corrected chi connectivity index (χ3v) is 3.92. The van der Waals surface area contributed by atoms with E-state index in [1.54, 1.807) is 12.1 Å². The Morgan fingerprint density at radius 1 is 1.15 bits per heavy atom. The summed E-state index contributed by atoms with van der Waals surface area (Å²) in [7, 11) is 0. The molecular formula is C18H22N4O4. The molecule has 0 saturated carbocycles. The number of nitrogens with one attached hydrogen (secondary N) is 3. The van der Waals surface area contributed by atoms with Crippen molar-refractivity contribution in [2.45, 2.75) is 38.5 Å². The second-order valence-electron chi connectivity index (χ2n) is 5.91. The van der Waals surface area contributed by atoms with E-state index in [0.717, 1.165) is 12.8 Å². The number of amidine groups is 1. The standard InChI is InChI=1S/C18H22N4O4/c19-16(21-11-20-12-5-7-13(23)8-6-12)9-10-17(24)22-15-4-2-1-3-14(15)18(25)26/h5-8,11,23H,1-4,9-10H2,(H,22,24)(H,25,26)(H2,19,20,21). The number of amides is 1. The number of carboxylic acid groups (broad SMARTS) is 1. The minimum absolute atomic E-state index is 0.0301. The van der Waals surface area contributed by atoms with Crippen LogP contribution in [-0.4, -0.2) is 34.3 Å². The Kier molecular flexibility index (Phi) is 6.90. The quantitative estimate of drug-likeness (QED) is 0.290. The zero-order valence-electron chi connectivity index (χ0n) is 14.3. The summed E-state index contributed by atoms with van der Waals surface area (Å²) < 4.78 is 0. The van der Waals surface area contributed by atoms with E-state index in [1.807, 2.05) is 0 Å². The number of nitrogens with zero attached hydrogens (tertiary/aromatic N) is 1. The molecule has 1 aromatic carbocycles. The van der Waals surface area contributed by atoms with E-state index < -0.39 is 5.97 Å². The molecule has 5 N–H and O–H groups in total. The van der Waals surface area contributed by atoms with Crippen LogP contribution in [0.4, 0.5) is 5.69 Å². The predicted octanol–water partition coefficient (Wildman–Crippen LogP) is 2.62. The predicted molar refractivity (Wildman–Crippen MR) is 98.5 cm³/mol. The van der Waals surface area contributed by atoms with Gasteiger partial charge in [0.1, 0.15) is 11.6 Å². The monoisotopic (exact) mass is 358 g/mol. The van der Waals surface area contributed by atoms with Crippen molar-refractivity contribution in [3.63, 3.8) is 0 Å². The van der Waals surface area contributed by atoms with Crippen molar-refractivity contribution in [3.8, 4) is 5.75 Å². The Labute approximate surface area is 151 Å². The van der Waals surface area contributed by atoms with Gasteiger partial charge in [-0.2, -0.15) is 0 Å². The number of phenols is 1. The van der Waals surface area contributed by atoms with Crippen molar-refractivity contribution >= 4 is 29.7 Å². The van der Waals surface area contributed by atoms with Crippen LogP contribution >= 0.6 is 0 Å². The second-order valence-corrected chi connectivity index (χ2v) is 5.91. The van der Waals surface area contributed by atoms with Crippen LogP contribution in [0.15, 0.2) is 40.5 Å². The van der Waals surface area contributed by atoms with E-state index in [0.29, 0.717) is 24.2 Å². The molecule has 8 heteroatoms. The van der Waals surface area contributed by atoms with Gasteiger partial charge in [0, 0.05) is 24.2 Å². The zero-order valence-corrected chi connectivity index (χ0v) is 14.3. The van der Waals surface area contributed by atoms with E-state index >= 15 is 0 Å². The molecule has 2 rings (SSSR count). The van der Waals surface area contributed by atoms with Gasteiger partial charge in [0.05, 0.1) is 11.9 Å². The number of hydrogen-bond donors (Lipinski definition) is 5. The summed E-state index contributed by atoms with van der Waals surface area (Å²) in [5.74, 6) is -1.11. The highest BCUT2D eigenvalue weighted by atomic mass is 16.4. The fourth-order valence-electron chi connectivity index (χ4n) is 2.55. The number of hydrogen-bond acceptors (Lipinski definition) is 4. The maximum absolute atomic E-state index is 12.0. The summed E-state index contributed by atoms with van der Waals surface area (Å²) in [6.45, 7) is 0. The number of anilines is 1. The van der Waals surface area contributed by atoms with Gasteiger partial charge in [0.15, 0.2) is 0 Å². The van der Waals surface area contributed by atoms with Crippen molar-refractivity contribution in [1.82, 2.24) is 5.32 Å². The first kappa shape index (κ1) is 19.2. The molecule has 1 aliphatic carbocycles. The molecule has 0 spiro atoms. The first-order chi connectivity index (χ1) is 12.5. The fourth-order valence-corrected chi connectivity index (χ4v) is 2.55. The number of allylic oxidation sites excluding steroid dienone is 1. The first-order valence-electron chi connectivity index (χ1n) is 8.36. The van der Waals surface area contributed by atoms with Gasteiger partial charge in [-0.25, -0.2) is 9.79 Å². The van der Waals surface area contributed by atoms with Crippen LogP contribution in [0.2, 0.25) is 0 Å². The summed E-state index contributed by atoms with van der Waals surface area (Å²) in [5, 5.41) is 31.6. The third kappa shape index (κ3) is 6.04. The van der Waals surface area contributed by atoms with Crippen LogP contribution in [-0.2, 0) is 9.59 Å². The van der Waals surface area contributed by atoms with Crippen LogP contribution in [0, 0.1) is 5.41 Å². The molecule has 0 unspecified atom stereocenters. The van der Waals surface area contributed by atoms with Crippen LogP contribution in [0.3, 0.4) is 0 Å². The second kappa shape index (κ2) is 9.36. The van der Waals surface area contributed by atoms with Gasteiger partial charge in [-0.15, -0.1) is 0 Å². The molecule has 1 aliphatic rings. The maximum Gasteiger partial charge on any atom is 0.333 e. The van der Waals surface area contributed by atoms with Crippen LogP contribution in [0.5, 0.6) is 5.75 Å². The molecule has 8 nitrogen and oxygen atoms in total. The lowest BCUT2D eigenvalue weighted by Crippen LogP contribution is -2.27. The lowest BCUT2D eigenvalue weighted by Gasteiger charge is -2.18. The van der Waals surface area contributed by atoms with Gasteiger partial charge < -0.3 is 20.8 Å². The number of carbonyl (C=O) groups is 2. The Morgan fingerprint density at radius 3 is 2.54 bits per heavy atom. The number of benzene rings is 1. The lowest BCUT2D eigenvalue weighted by atomic mass is 9.96. The molecular weight excluding hydrogens is 336 g/mol. The van der Waals surface area contributed by atoms with Crippen LogP contribution < -0.4 is 10.6 Å². The highest BCUT2D eigenvalue weighted by Gasteiger charge is 2.19. The van der Waals surface area contributed by atoms with Gasteiger partial charge in [0.25, 0.3) is 0 Å². The fraction of sp³-hybridized carbons (Fsp3) is 0.333. The number of phenolic OH excluding ortho intramolecular Hbond substituents is 1. The minimum Gasteiger partial charge on any atom is -0.508 e. The highest BCUT2D eigenvalue weighted by Crippen LogP contribution is 2.23. The Bertz CT molecular complexity index is 738. The average Bonchev–Trinajstić information content (AvgIpc) is 2.62. The third-order valence-electron chi connectivity index (χ3n) is 3.92. The Morgan fingerprint density at radius 2 is 1.85 bits per heavy atom. The van der Waals surface area contributed by atoms with E-state index in [2.05, 4.69) is 15.6 Å². The van der Waals surface area contributed by atoms with Gasteiger partial charge in [-0.1, -0.05) is 0 Å². The number of rotatable bonds is 7. The molecule has 0 fully saturated rings. The molecule has 1 aromatic rings.